The molecule has 0 aromatic carbocycles. The first-order chi connectivity index (χ1) is 8.13. The molecule has 0 aliphatic rings. The Morgan fingerprint density at radius 3 is 2.88 bits per heavy atom. The minimum absolute atomic E-state index is 0.0801. The highest BCUT2D eigenvalue weighted by atomic mass is 32.1. The van der Waals surface area contributed by atoms with Gasteiger partial charge in [0.25, 0.3) is 0 Å². The Morgan fingerprint density at radius 1 is 1.53 bits per heavy atom. The first kappa shape index (κ1) is 12.1. The number of furan rings is 1. The number of nitrogens with zero attached hydrogens (tertiary/aromatic N) is 2. The standard InChI is InChI=1S/C12H17N3OS/c1-4-5-11-13-14-12(17)15(11)9(3)10-7-6-8(2)16-10/h6-7,9H,4-5H2,1-3H3,(H,14,17). The molecule has 2 heterocycles. The summed E-state index contributed by atoms with van der Waals surface area (Å²) in [5.41, 5.74) is 0. The number of H-pyrrole nitrogens is 1. The SMILES string of the molecule is CCCc1n[nH]c(=S)n1C(C)c1ccc(C)o1. The summed E-state index contributed by atoms with van der Waals surface area (Å²) in [4.78, 5) is 0. The van der Waals surface area contributed by atoms with Gasteiger partial charge < -0.3 is 4.42 Å². The Hall–Kier alpha value is -1.36. The quantitative estimate of drug-likeness (QED) is 0.847. The Kier molecular flexibility index (Phi) is 3.47. The van der Waals surface area contributed by atoms with E-state index in [2.05, 4.69) is 24.0 Å². The highest BCUT2D eigenvalue weighted by Crippen LogP contribution is 2.22. The van der Waals surface area contributed by atoms with Crippen LogP contribution in [0.15, 0.2) is 16.5 Å². The van der Waals surface area contributed by atoms with E-state index in [4.69, 9.17) is 16.6 Å². The van der Waals surface area contributed by atoms with Crippen molar-refractivity contribution in [2.45, 2.75) is 39.7 Å². The second-order valence-corrected chi connectivity index (χ2v) is 4.58. The third-order valence-electron chi connectivity index (χ3n) is 2.81. The van der Waals surface area contributed by atoms with E-state index >= 15 is 0 Å². The Morgan fingerprint density at radius 2 is 2.29 bits per heavy atom. The topological polar surface area (TPSA) is 46.8 Å². The van der Waals surface area contributed by atoms with Crippen LogP contribution in [-0.4, -0.2) is 14.8 Å². The van der Waals surface area contributed by atoms with Gasteiger partial charge in [-0.15, -0.1) is 0 Å². The molecule has 1 atom stereocenters. The lowest BCUT2D eigenvalue weighted by Gasteiger charge is -2.12. The lowest BCUT2D eigenvalue weighted by atomic mass is 10.2. The Balaban J connectivity index is 2.39. The molecular formula is C12H17N3OS. The molecule has 0 saturated heterocycles. The zero-order chi connectivity index (χ0) is 12.4. The van der Waals surface area contributed by atoms with Crippen LogP contribution < -0.4 is 0 Å². The molecule has 0 fully saturated rings. The van der Waals surface area contributed by atoms with Gasteiger partial charge in [-0.3, -0.25) is 9.67 Å². The maximum atomic E-state index is 5.65. The molecule has 5 heteroatoms. The summed E-state index contributed by atoms with van der Waals surface area (Å²) >= 11 is 5.27. The third-order valence-corrected chi connectivity index (χ3v) is 3.10. The van der Waals surface area contributed by atoms with Crippen LogP contribution in [0.1, 0.15) is 43.7 Å². The molecule has 0 amide bonds. The van der Waals surface area contributed by atoms with Gasteiger partial charge in [-0.05, 0) is 44.6 Å². The van der Waals surface area contributed by atoms with Crippen LogP contribution in [0.4, 0.5) is 0 Å². The smallest absolute Gasteiger partial charge is 0.195 e. The van der Waals surface area contributed by atoms with Gasteiger partial charge in [0.1, 0.15) is 17.3 Å². The molecule has 17 heavy (non-hydrogen) atoms. The van der Waals surface area contributed by atoms with Crippen LogP contribution >= 0.6 is 12.2 Å². The monoisotopic (exact) mass is 251 g/mol. The molecule has 0 radical (unpaired) electrons. The van der Waals surface area contributed by atoms with Crippen LogP contribution in [0, 0.1) is 11.7 Å². The van der Waals surface area contributed by atoms with Crippen LogP contribution in [0.5, 0.6) is 0 Å². The molecule has 2 rings (SSSR count). The predicted octanol–water partition coefficient (Wildman–Crippen LogP) is 3.40. The molecule has 92 valence electrons. The van der Waals surface area contributed by atoms with Crippen molar-refractivity contribution in [2.75, 3.05) is 0 Å². The minimum Gasteiger partial charge on any atom is -0.464 e. The summed E-state index contributed by atoms with van der Waals surface area (Å²) in [5, 5.41) is 7.12. The molecule has 1 unspecified atom stereocenters. The largest absolute Gasteiger partial charge is 0.464 e. The molecular weight excluding hydrogens is 234 g/mol. The molecule has 2 aromatic rings. The zero-order valence-corrected chi connectivity index (χ0v) is 11.2. The van der Waals surface area contributed by atoms with Crippen molar-refractivity contribution < 1.29 is 4.42 Å². The third kappa shape index (κ3) is 2.34. The zero-order valence-electron chi connectivity index (χ0n) is 10.4. The van der Waals surface area contributed by atoms with E-state index in [0.717, 1.165) is 30.2 Å². The van der Waals surface area contributed by atoms with Crippen molar-refractivity contribution in [3.05, 3.63) is 34.2 Å². The fourth-order valence-electron chi connectivity index (χ4n) is 1.94. The summed E-state index contributed by atoms with van der Waals surface area (Å²) in [6.07, 6.45) is 1.96. The molecule has 1 N–H and O–H groups in total. The Labute approximate surface area is 106 Å². The number of aryl methyl sites for hydroxylation is 2. The number of rotatable bonds is 4. The van der Waals surface area contributed by atoms with Crippen LogP contribution in [0.25, 0.3) is 0 Å². The minimum atomic E-state index is 0.0801. The number of hydrogen-bond acceptors (Lipinski definition) is 3. The van der Waals surface area contributed by atoms with Gasteiger partial charge in [-0.1, -0.05) is 6.92 Å². The van der Waals surface area contributed by atoms with Gasteiger partial charge in [0.15, 0.2) is 4.77 Å². The van der Waals surface area contributed by atoms with Gasteiger partial charge >= 0.3 is 0 Å². The van der Waals surface area contributed by atoms with E-state index in [1.807, 2.05) is 23.6 Å². The molecule has 0 spiro atoms. The van der Waals surface area contributed by atoms with Crippen LogP contribution in [0.3, 0.4) is 0 Å². The van der Waals surface area contributed by atoms with E-state index in [-0.39, 0.29) is 6.04 Å². The van der Waals surface area contributed by atoms with Gasteiger partial charge in [0.2, 0.25) is 0 Å². The lowest BCUT2D eigenvalue weighted by molar-refractivity contribution is 0.420. The number of aromatic amines is 1. The van der Waals surface area contributed by atoms with Gasteiger partial charge in [0, 0.05) is 6.42 Å². The number of hydrogen-bond donors (Lipinski definition) is 1. The second-order valence-electron chi connectivity index (χ2n) is 4.19. The maximum Gasteiger partial charge on any atom is 0.195 e. The summed E-state index contributed by atoms with van der Waals surface area (Å²) in [5.74, 6) is 2.82. The van der Waals surface area contributed by atoms with Crippen molar-refractivity contribution in [1.29, 1.82) is 0 Å². The van der Waals surface area contributed by atoms with E-state index in [1.165, 1.54) is 0 Å². The predicted molar refractivity (Wildman–Crippen MR) is 68.7 cm³/mol. The average Bonchev–Trinajstić information content (AvgIpc) is 2.86. The molecule has 0 aliphatic carbocycles. The van der Waals surface area contributed by atoms with Crippen molar-refractivity contribution in [3.63, 3.8) is 0 Å². The van der Waals surface area contributed by atoms with Crippen LogP contribution in [0.2, 0.25) is 0 Å². The number of aromatic nitrogens is 3. The van der Waals surface area contributed by atoms with Gasteiger partial charge in [0.05, 0.1) is 6.04 Å². The summed E-state index contributed by atoms with van der Waals surface area (Å²) in [6.45, 7) is 6.14. The Bertz CT molecular complexity index is 552. The molecule has 0 bridgehead atoms. The normalized spacial score (nSPS) is 12.9. The fourth-order valence-corrected chi connectivity index (χ4v) is 2.25. The number of nitrogens with one attached hydrogen (secondary N) is 1. The van der Waals surface area contributed by atoms with Crippen LogP contribution in [-0.2, 0) is 6.42 Å². The van der Waals surface area contributed by atoms with E-state index < -0.39 is 0 Å². The van der Waals surface area contributed by atoms with E-state index in [1.54, 1.807) is 0 Å². The van der Waals surface area contributed by atoms with Crippen molar-refractivity contribution in [2.24, 2.45) is 0 Å². The molecule has 0 aliphatic heterocycles. The average molecular weight is 251 g/mol. The van der Waals surface area contributed by atoms with E-state index in [9.17, 15) is 0 Å². The highest BCUT2D eigenvalue weighted by Gasteiger charge is 2.16. The lowest BCUT2D eigenvalue weighted by Crippen LogP contribution is -2.10. The highest BCUT2D eigenvalue weighted by molar-refractivity contribution is 7.71. The van der Waals surface area contributed by atoms with Gasteiger partial charge in [-0.2, -0.15) is 5.10 Å². The summed E-state index contributed by atoms with van der Waals surface area (Å²) in [6, 6.07) is 4.04. The fraction of sp³-hybridized carbons (Fsp3) is 0.500. The van der Waals surface area contributed by atoms with Crippen molar-refractivity contribution in [1.82, 2.24) is 14.8 Å². The summed E-state index contributed by atoms with van der Waals surface area (Å²) < 4.78 is 8.32. The second kappa shape index (κ2) is 4.87. The molecule has 2 aromatic heterocycles. The van der Waals surface area contributed by atoms with E-state index in [0.29, 0.717) is 4.77 Å². The molecule has 4 nitrogen and oxygen atoms in total. The van der Waals surface area contributed by atoms with Crippen molar-refractivity contribution >= 4 is 12.2 Å². The van der Waals surface area contributed by atoms with Crippen molar-refractivity contribution in [3.8, 4) is 0 Å². The summed E-state index contributed by atoms with van der Waals surface area (Å²) in [7, 11) is 0. The first-order valence-electron chi connectivity index (χ1n) is 5.85. The maximum absolute atomic E-state index is 5.65. The molecule has 0 saturated carbocycles. The first-order valence-corrected chi connectivity index (χ1v) is 6.26. The van der Waals surface area contributed by atoms with Gasteiger partial charge in [-0.25, -0.2) is 0 Å².